The third kappa shape index (κ3) is 6.48. The summed E-state index contributed by atoms with van der Waals surface area (Å²) >= 11 is 5.77. The number of ketones is 1. The van der Waals surface area contributed by atoms with Gasteiger partial charge >= 0.3 is 5.97 Å². The predicted molar refractivity (Wildman–Crippen MR) is 102 cm³/mol. The van der Waals surface area contributed by atoms with Crippen LogP contribution in [0.15, 0.2) is 42.6 Å². The highest BCUT2D eigenvalue weighted by Gasteiger charge is 2.13. The zero-order valence-electron chi connectivity index (χ0n) is 15.0. The maximum atomic E-state index is 12.1. The smallest absolute Gasteiger partial charge is 0.325 e. The van der Waals surface area contributed by atoms with Gasteiger partial charge in [0, 0.05) is 28.9 Å². The number of aromatic nitrogens is 1. The van der Waals surface area contributed by atoms with Crippen molar-refractivity contribution in [1.82, 2.24) is 10.3 Å². The average molecular weight is 404 g/mol. The number of carbonyl (C=O) groups excluding carboxylic acids is 4. The standard InChI is InChI=1S/C19H18ClN3O5/c1-2-17(25)23-14-5-3-12(4-6-14)16(24)11-28-18(26)10-22-19(27)15-9-13(20)7-8-21-15/h3-9H,2,10-11H2,1H3,(H,22,27)(H,23,25). The fourth-order valence-electron chi connectivity index (χ4n) is 2.04. The summed E-state index contributed by atoms with van der Waals surface area (Å²) in [6.45, 7) is 0.850. The molecule has 0 unspecified atom stereocenters. The fourth-order valence-corrected chi connectivity index (χ4v) is 2.20. The third-order valence-electron chi connectivity index (χ3n) is 3.52. The van der Waals surface area contributed by atoms with E-state index in [-0.39, 0.29) is 11.6 Å². The first-order valence-corrected chi connectivity index (χ1v) is 8.75. The van der Waals surface area contributed by atoms with E-state index in [2.05, 4.69) is 15.6 Å². The fraction of sp³-hybridized carbons (Fsp3) is 0.211. The van der Waals surface area contributed by atoms with Gasteiger partial charge in [-0.25, -0.2) is 0 Å². The van der Waals surface area contributed by atoms with E-state index in [9.17, 15) is 19.2 Å². The number of benzene rings is 1. The van der Waals surface area contributed by atoms with Gasteiger partial charge in [0.05, 0.1) is 0 Å². The highest BCUT2D eigenvalue weighted by atomic mass is 35.5. The molecule has 0 fully saturated rings. The van der Waals surface area contributed by atoms with Gasteiger partial charge in [-0.2, -0.15) is 0 Å². The van der Waals surface area contributed by atoms with Crippen LogP contribution in [0, 0.1) is 0 Å². The first-order valence-electron chi connectivity index (χ1n) is 8.37. The number of amides is 2. The number of ether oxygens (including phenoxy) is 1. The summed E-state index contributed by atoms with van der Waals surface area (Å²) in [7, 11) is 0. The van der Waals surface area contributed by atoms with Gasteiger partial charge in [0.25, 0.3) is 5.91 Å². The molecule has 0 aliphatic heterocycles. The van der Waals surface area contributed by atoms with Gasteiger partial charge in [0.1, 0.15) is 12.2 Å². The van der Waals surface area contributed by atoms with E-state index in [0.717, 1.165) is 0 Å². The van der Waals surface area contributed by atoms with E-state index in [0.29, 0.717) is 22.7 Å². The number of nitrogens with zero attached hydrogens (tertiary/aromatic N) is 1. The van der Waals surface area contributed by atoms with Gasteiger partial charge in [0.15, 0.2) is 12.4 Å². The molecule has 2 rings (SSSR count). The summed E-state index contributed by atoms with van der Waals surface area (Å²) in [6.07, 6.45) is 1.72. The molecule has 0 aliphatic carbocycles. The maximum absolute atomic E-state index is 12.1. The molecular weight excluding hydrogens is 386 g/mol. The van der Waals surface area contributed by atoms with Gasteiger partial charge in [-0.05, 0) is 36.4 Å². The van der Waals surface area contributed by atoms with Gasteiger partial charge in [-0.15, -0.1) is 0 Å². The molecule has 0 bridgehead atoms. The monoisotopic (exact) mass is 403 g/mol. The quantitative estimate of drug-likeness (QED) is 0.516. The van der Waals surface area contributed by atoms with Crippen molar-refractivity contribution in [2.75, 3.05) is 18.5 Å². The lowest BCUT2D eigenvalue weighted by molar-refractivity contribution is -0.141. The minimum Gasteiger partial charge on any atom is -0.456 e. The van der Waals surface area contributed by atoms with Crippen LogP contribution in [-0.4, -0.2) is 41.7 Å². The van der Waals surface area contributed by atoms with Gasteiger partial charge in [0.2, 0.25) is 5.91 Å². The minimum atomic E-state index is -0.768. The predicted octanol–water partition coefficient (Wildman–Crippen LogP) is 2.24. The van der Waals surface area contributed by atoms with E-state index in [1.165, 1.54) is 30.5 Å². The lowest BCUT2D eigenvalue weighted by Crippen LogP contribution is -2.32. The summed E-state index contributed by atoms with van der Waals surface area (Å²) < 4.78 is 4.86. The first kappa shape index (κ1) is 21.0. The number of hydrogen-bond acceptors (Lipinski definition) is 6. The zero-order valence-corrected chi connectivity index (χ0v) is 15.8. The van der Waals surface area contributed by atoms with Crippen LogP contribution in [0.5, 0.6) is 0 Å². The Kier molecular flexibility index (Phi) is 7.65. The molecule has 8 nitrogen and oxygen atoms in total. The molecule has 28 heavy (non-hydrogen) atoms. The summed E-state index contributed by atoms with van der Waals surface area (Å²) in [5.74, 6) is -1.90. The van der Waals surface area contributed by atoms with Crippen LogP contribution in [0.4, 0.5) is 5.69 Å². The normalized spacial score (nSPS) is 10.1. The number of esters is 1. The van der Waals surface area contributed by atoms with Gasteiger partial charge in [-0.1, -0.05) is 18.5 Å². The van der Waals surface area contributed by atoms with Crippen molar-refractivity contribution in [1.29, 1.82) is 0 Å². The molecule has 146 valence electrons. The summed E-state index contributed by atoms with van der Waals surface area (Å²) in [5.41, 5.74) is 0.957. The summed E-state index contributed by atoms with van der Waals surface area (Å²) in [5, 5.41) is 5.34. The average Bonchev–Trinajstić information content (AvgIpc) is 2.70. The van der Waals surface area contributed by atoms with Crippen molar-refractivity contribution in [2.24, 2.45) is 0 Å². The molecular formula is C19H18ClN3O5. The zero-order chi connectivity index (χ0) is 20.5. The summed E-state index contributed by atoms with van der Waals surface area (Å²) in [6, 6.07) is 9.09. The van der Waals surface area contributed by atoms with E-state index < -0.39 is 30.8 Å². The first-order chi connectivity index (χ1) is 13.4. The number of nitrogens with one attached hydrogen (secondary N) is 2. The molecule has 0 saturated heterocycles. The SMILES string of the molecule is CCC(=O)Nc1ccc(C(=O)COC(=O)CNC(=O)c2cc(Cl)ccn2)cc1. The van der Waals surface area contributed by atoms with E-state index in [4.69, 9.17) is 16.3 Å². The van der Waals surface area contributed by atoms with Crippen molar-refractivity contribution < 1.29 is 23.9 Å². The van der Waals surface area contributed by atoms with Crippen LogP contribution >= 0.6 is 11.6 Å². The number of rotatable bonds is 8. The van der Waals surface area contributed by atoms with Crippen molar-refractivity contribution in [2.45, 2.75) is 13.3 Å². The highest BCUT2D eigenvalue weighted by molar-refractivity contribution is 6.30. The van der Waals surface area contributed by atoms with E-state index >= 15 is 0 Å². The Labute approximate surface area is 166 Å². The number of Topliss-reactive ketones (excluding diaryl/α,β-unsaturated/α-hetero) is 1. The van der Waals surface area contributed by atoms with Crippen molar-refractivity contribution in [3.8, 4) is 0 Å². The topological polar surface area (TPSA) is 114 Å². The lowest BCUT2D eigenvalue weighted by Gasteiger charge is -2.07. The Morgan fingerprint density at radius 1 is 1.11 bits per heavy atom. The van der Waals surface area contributed by atoms with Crippen molar-refractivity contribution >= 4 is 40.9 Å². The maximum Gasteiger partial charge on any atom is 0.325 e. The molecule has 1 aromatic heterocycles. The third-order valence-corrected chi connectivity index (χ3v) is 3.76. The molecule has 0 atom stereocenters. The van der Waals surface area contributed by atoms with Crippen LogP contribution in [0.2, 0.25) is 5.02 Å². The van der Waals surface area contributed by atoms with Crippen LogP contribution in [0.3, 0.4) is 0 Å². The Morgan fingerprint density at radius 2 is 1.82 bits per heavy atom. The Bertz CT molecular complexity index is 883. The molecule has 1 aromatic carbocycles. The second-order valence-electron chi connectivity index (χ2n) is 5.60. The largest absolute Gasteiger partial charge is 0.456 e. The Hall–Kier alpha value is -3.26. The molecule has 2 amide bonds. The molecule has 0 saturated carbocycles. The molecule has 0 spiro atoms. The molecule has 2 aromatic rings. The molecule has 9 heteroatoms. The van der Waals surface area contributed by atoms with Crippen molar-refractivity contribution in [3.63, 3.8) is 0 Å². The van der Waals surface area contributed by atoms with Gasteiger partial charge < -0.3 is 15.4 Å². The van der Waals surface area contributed by atoms with Crippen LogP contribution < -0.4 is 10.6 Å². The number of carbonyl (C=O) groups is 4. The second-order valence-corrected chi connectivity index (χ2v) is 6.04. The molecule has 0 aliphatic rings. The number of pyridine rings is 1. The lowest BCUT2D eigenvalue weighted by atomic mass is 10.1. The molecule has 1 heterocycles. The van der Waals surface area contributed by atoms with Gasteiger partial charge in [-0.3, -0.25) is 24.2 Å². The number of halogens is 1. The van der Waals surface area contributed by atoms with Crippen LogP contribution in [0.25, 0.3) is 0 Å². The van der Waals surface area contributed by atoms with Crippen molar-refractivity contribution in [3.05, 3.63) is 58.9 Å². The van der Waals surface area contributed by atoms with Crippen LogP contribution in [-0.2, 0) is 14.3 Å². The highest BCUT2D eigenvalue weighted by Crippen LogP contribution is 2.11. The summed E-state index contributed by atoms with van der Waals surface area (Å²) in [4.78, 5) is 50.8. The molecule has 0 radical (unpaired) electrons. The Morgan fingerprint density at radius 3 is 2.46 bits per heavy atom. The van der Waals surface area contributed by atoms with E-state index in [1.54, 1.807) is 19.1 Å². The minimum absolute atomic E-state index is 0.0617. The number of hydrogen-bond donors (Lipinski definition) is 2. The molecule has 2 N–H and O–H groups in total. The van der Waals surface area contributed by atoms with E-state index in [1.807, 2.05) is 0 Å². The van der Waals surface area contributed by atoms with Crippen LogP contribution in [0.1, 0.15) is 34.2 Å². The second kappa shape index (κ2) is 10.2. The number of anilines is 1. The Balaban J connectivity index is 1.78.